The van der Waals surface area contributed by atoms with Gasteiger partial charge in [0.15, 0.2) is 5.84 Å². The van der Waals surface area contributed by atoms with Gasteiger partial charge in [0, 0.05) is 24.8 Å². The van der Waals surface area contributed by atoms with Crippen LogP contribution in [0.2, 0.25) is 0 Å². The maximum absolute atomic E-state index is 11.1. The molecule has 1 amide bonds. The van der Waals surface area contributed by atoms with Crippen molar-refractivity contribution in [3.8, 4) is 0 Å². The molecule has 2 heterocycles. The van der Waals surface area contributed by atoms with Crippen LogP contribution < -0.4 is 16.4 Å². The molecule has 1 fully saturated rings. The summed E-state index contributed by atoms with van der Waals surface area (Å²) in [5.74, 6) is 0.692. The molecule has 0 spiro atoms. The number of oxime groups is 1. The van der Waals surface area contributed by atoms with Crippen LogP contribution in [0.15, 0.2) is 47.8 Å². The third-order valence-corrected chi connectivity index (χ3v) is 4.35. The number of carbonyl (C=O) groups excluding carboxylic acids is 1. The average Bonchev–Trinajstić information content (AvgIpc) is 2.69. The van der Waals surface area contributed by atoms with Gasteiger partial charge in [-0.15, -0.1) is 0 Å². The quantitative estimate of drug-likeness (QED) is 0.469. The molecule has 2 aromatic rings. The van der Waals surface area contributed by atoms with E-state index >= 15 is 0 Å². The Hall–Kier alpha value is -3.09. The highest BCUT2D eigenvalue weighted by Gasteiger charge is 2.17. The SMILES string of the molecule is NC(=O)c1ccc(CO/N=C(\N)c2cccnc2N2CCCCC2)cc1. The molecule has 4 N–H and O–H groups in total. The van der Waals surface area contributed by atoms with Crippen molar-refractivity contribution in [1.29, 1.82) is 0 Å². The minimum atomic E-state index is -0.457. The number of primary amides is 1. The fourth-order valence-electron chi connectivity index (χ4n) is 2.95. The first kappa shape index (κ1) is 17.7. The number of hydrogen-bond donors (Lipinski definition) is 2. The van der Waals surface area contributed by atoms with E-state index in [-0.39, 0.29) is 6.61 Å². The Morgan fingerprint density at radius 2 is 1.85 bits per heavy atom. The second kappa shape index (κ2) is 8.33. The topological polar surface area (TPSA) is 107 Å². The molecule has 26 heavy (non-hydrogen) atoms. The number of amides is 1. The molecule has 0 atom stereocenters. The highest BCUT2D eigenvalue weighted by molar-refractivity contribution is 6.01. The summed E-state index contributed by atoms with van der Waals surface area (Å²) < 4.78 is 0. The first-order chi connectivity index (χ1) is 12.6. The molecule has 1 aliphatic heterocycles. The first-order valence-electron chi connectivity index (χ1n) is 8.69. The van der Waals surface area contributed by atoms with Crippen molar-refractivity contribution in [2.75, 3.05) is 18.0 Å². The van der Waals surface area contributed by atoms with Crippen molar-refractivity contribution in [3.05, 3.63) is 59.3 Å². The van der Waals surface area contributed by atoms with Crippen molar-refractivity contribution in [2.45, 2.75) is 25.9 Å². The number of benzene rings is 1. The summed E-state index contributed by atoms with van der Waals surface area (Å²) in [5.41, 5.74) is 13.5. The van der Waals surface area contributed by atoms with Crippen molar-refractivity contribution in [1.82, 2.24) is 4.98 Å². The van der Waals surface area contributed by atoms with Gasteiger partial charge in [-0.1, -0.05) is 17.3 Å². The van der Waals surface area contributed by atoms with E-state index in [0.717, 1.165) is 42.9 Å². The average molecular weight is 353 g/mol. The number of carbonyl (C=O) groups is 1. The van der Waals surface area contributed by atoms with Gasteiger partial charge in [-0.05, 0) is 49.1 Å². The molecular weight excluding hydrogens is 330 g/mol. The fraction of sp³-hybridized carbons (Fsp3) is 0.316. The number of amidine groups is 1. The van der Waals surface area contributed by atoms with Crippen molar-refractivity contribution < 1.29 is 9.63 Å². The van der Waals surface area contributed by atoms with Crippen LogP contribution in [0, 0.1) is 0 Å². The fourth-order valence-corrected chi connectivity index (χ4v) is 2.95. The maximum atomic E-state index is 11.1. The first-order valence-corrected chi connectivity index (χ1v) is 8.69. The van der Waals surface area contributed by atoms with Gasteiger partial charge in [-0.3, -0.25) is 4.79 Å². The van der Waals surface area contributed by atoms with Gasteiger partial charge < -0.3 is 21.2 Å². The molecule has 1 aromatic carbocycles. The molecule has 0 radical (unpaired) electrons. The van der Waals surface area contributed by atoms with Gasteiger partial charge >= 0.3 is 0 Å². The van der Waals surface area contributed by atoms with Crippen LogP contribution in [-0.2, 0) is 11.4 Å². The summed E-state index contributed by atoms with van der Waals surface area (Å²) in [5, 5.41) is 4.04. The lowest BCUT2D eigenvalue weighted by Gasteiger charge is -2.29. The normalized spacial score (nSPS) is 14.9. The number of hydrogen-bond acceptors (Lipinski definition) is 5. The minimum absolute atomic E-state index is 0.249. The summed E-state index contributed by atoms with van der Waals surface area (Å²) in [6.45, 7) is 2.20. The number of aromatic nitrogens is 1. The molecular formula is C19H23N5O2. The molecule has 1 aromatic heterocycles. The predicted molar refractivity (Wildman–Crippen MR) is 101 cm³/mol. The van der Waals surface area contributed by atoms with Crippen LogP contribution in [0.4, 0.5) is 5.82 Å². The predicted octanol–water partition coefficient (Wildman–Crippen LogP) is 2.01. The third-order valence-electron chi connectivity index (χ3n) is 4.35. The Morgan fingerprint density at radius 1 is 1.12 bits per heavy atom. The number of piperidine rings is 1. The molecule has 0 unspecified atom stereocenters. The third kappa shape index (κ3) is 4.30. The van der Waals surface area contributed by atoms with Gasteiger partial charge in [0.2, 0.25) is 5.91 Å². The molecule has 7 nitrogen and oxygen atoms in total. The van der Waals surface area contributed by atoms with Crippen LogP contribution in [0.1, 0.15) is 40.7 Å². The second-order valence-corrected chi connectivity index (χ2v) is 6.23. The van der Waals surface area contributed by atoms with Crippen molar-refractivity contribution in [3.63, 3.8) is 0 Å². The van der Waals surface area contributed by atoms with E-state index in [2.05, 4.69) is 15.0 Å². The minimum Gasteiger partial charge on any atom is -0.389 e. The zero-order valence-electron chi connectivity index (χ0n) is 14.6. The Bertz CT molecular complexity index is 783. The lowest BCUT2D eigenvalue weighted by Crippen LogP contribution is -2.32. The van der Waals surface area contributed by atoms with E-state index < -0.39 is 5.91 Å². The summed E-state index contributed by atoms with van der Waals surface area (Å²) in [7, 11) is 0. The Kier molecular flexibility index (Phi) is 5.68. The zero-order chi connectivity index (χ0) is 18.4. The van der Waals surface area contributed by atoms with E-state index in [1.165, 1.54) is 6.42 Å². The highest BCUT2D eigenvalue weighted by atomic mass is 16.6. The number of rotatable bonds is 6. The summed E-state index contributed by atoms with van der Waals surface area (Å²) in [6.07, 6.45) is 5.33. The monoisotopic (exact) mass is 353 g/mol. The standard InChI is InChI=1S/C19H23N5O2/c20-17(23-26-13-14-6-8-15(9-7-14)18(21)25)16-5-4-10-22-19(16)24-11-2-1-3-12-24/h4-10H,1-3,11-13H2,(H2,20,23)(H2,21,25). The van der Waals surface area contributed by atoms with Crippen molar-refractivity contribution >= 4 is 17.6 Å². The van der Waals surface area contributed by atoms with Gasteiger partial charge in [-0.25, -0.2) is 4.98 Å². The number of pyridine rings is 1. The summed E-state index contributed by atoms with van der Waals surface area (Å²) in [6, 6.07) is 10.6. The zero-order valence-corrected chi connectivity index (χ0v) is 14.6. The van der Waals surface area contributed by atoms with Crippen LogP contribution >= 0.6 is 0 Å². The van der Waals surface area contributed by atoms with Crippen LogP contribution in [0.3, 0.4) is 0 Å². The van der Waals surface area contributed by atoms with E-state index in [4.69, 9.17) is 16.3 Å². The van der Waals surface area contributed by atoms with Gasteiger partial charge in [0.25, 0.3) is 0 Å². The summed E-state index contributed by atoms with van der Waals surface area (Å²) in [4.78, 5) is 23.2. The van der Waals surface area contributed by atoms with E-state index in [1.807, 2.05) is 12.1 Å². The molecule has 0 aliphatic carbocycles. The molecule has 1 saturated heterocycles. The van der Waals surface area contributed by atoms with E-state index in [9.17, 15) is 4.79 Å². The molecule has 0 bridgehead atoms. The highest BCUT2D eigenvalue weighted by Crippen LogP contribution is 2.21. The molecule has 3 rings (SSSR count). The van der Waals surface area contributed by atoms with Gasteiger partial charge in [0.1, 0.15) is 12.4 Å². The molecule has 1 aliphatic rings. The number of nitrogens with zero attached hydrogens (tertiary/aromatic N) is 3. The number of anilines is 1. The van der Waals surface area contributed by atoms with Crippen molar-refractivity contribution in [2.24, 2.45) is 16.6 Å². The second-order valence-electron chi connectivity index (χ2n) is 6.23. The smallest absolute Gasteiger partial charge is 0.248 e. The number of nitrogens with two attached hydrogens (primary N) is 2. The Balaban J connectivity index is 1.67. The molecule has 136 valence electrons. The largest absolute Gasteiger partial charge is 0.389 e. The molecule has 7 heteroatoms. The van der Waals surface area contributed by atoms with Crippen LogP contribution in [-0.4, -0.2) is 29.8 Å². The summed E-state index contributed by atoms with van der Waals surface area (Å²) >= 11 is 0. The lowest BCUT2D eigenvalue weighted by atomic mass is 10.1. The van der Waals surface area contributed by atoms with Gasteiger partial charge in [-0.2, -0.15) is 0 Å². The molecule has 0 saturated carbocycles. The Morgan fingerprint density at radius 3 is 2.54 bits per heavy atom. The Labute approximate surface area is 152 Å². The van der Waals surface area contributed by atoms with E-state index in [1.54, 1.807) is 30.5 Å². The van der Waals surface area contributed by atoms with Crippen LogP contribution in [0.25, 0.3) is 0 Å². The van der Waals surface area contributed by atoms with Crippen LogP contribution in [0.5, 0.6) is 0 Å². The lowest BCUT2D eigenvalue weighted by molar-refractivity contribution is 0.1000. The maximum Gasteiger partial charge on any atom is 0.248 e. The van der Waals surface area contributed by atoms with Gasteiger partial charge in [0.05, 0.1) is 5.56 Å². The van der Waals surface area contributed by atoms with E-state index in [0.29, 0.717) is 11.4 Å².